The highest BCUT2D eigenvalue weighted by Crippen LogP contribution is 2.66. The monoisotopic (exact) mass is 549 g/mol. The van der Waals surface area contributed by atoms with Crippen molar-refractivity contribution in [1.82, 2.24) is 0 Å². The summed E-state index contributed by atoms with van der Waals surface area (Å²) in [5.41, 5.74) is 8.47. The molecule has 5 atom stereocenters. The van der Waals surface area contributed by atoms with Crippen LogP contribution in [0.4, 0.5) is 11.4 Å². The van der Waals surface area contributed by atoms with Crippen LogP contribution in [0.1, 0.15) is 68.9 Å². The number of nitrogens with zero attached hydrogens (tertiary/aromatic N) is 3. The molecule has 0 radical (unpaired) electrons. The zero-order valence-corrected chi connectivity index (χ0v) is 25.1. The van der Waals surface area contributed by atoms with Crippen molar-refractivity contribution in [3.63, 3.8) is 0 Å². The van der Waals surface area contributed by atoms with Gasteiger partial charge in [0.05, 0.1) is 5.71 Å². The second kappa shape index (κ2) is 10.4. The molecule has 4 aliphatic carbocycles. The number of hydrogen-bond acceptors (Lipinski definition) is 5. The van der Waals surface area contributed by atoms with Crippen LogP contribution in [-0.2, 0) is 0 Å². The lowest BCUT2D eigenvalue weighted by atomic mass is 9.51. The summed E-state index contributed by atoms with van der Waals surface area (Å²) >= 11 is 0. The van der Waals surface area contributed by atoms with Gasteiger partial charge in [0.2, 0.25) is 0 Å². The van der Waals surface area contributed by atoms with Crippen LogP contribution >= 0.6 is 0 Å². The molecule has 5 nitrogen and oxygen atoms in total. The predicted octanol–water partition coefficient (Wildman–Crippen LogP) is 6.76. The van der Waals surface area contributed by atoms with Crippen LogP contribution in [0.2, 0.25) is 0 Å². The standard InChI is InChI=1S/C36H43N3O2/c1-35-23-32(25-8-14-29(15-9-25)39(4)5)34-30-17-11-27(37-41)22-26(30)10-16-31(34)33(35)19-21-36(35,40)20-18-24-6-12-28(13-7-24)38(2)3/h6-9,12-15,22,31-33,40-41H,10-11,16-17,19,21,23H2,1-5H3/b37-27-/t31-,32+,33-,35-,36-/m0/s1. The number of hydrogen-bond donors (Lipinski definition) is 2. The maximum absolute atomic E-state index is 12.4. The molecule has 41 heavy (non-hydrogen) atoms. The summed E-state index contributed by atoms with van der Waals surface area (Å²) < 4.78 is 0. The Morgan fingerprint density at radius 1 is 0.878 bits per heavy atom. The molecule has 5 heteroatoms. The van der Waals surface area contributed by atoms with E-state index in [0.717, 1.165) is 55.5 Å². The zero-order valence-electron chi connectivity index (χ0n) is 25.1. The van der Waals surface area contributed by atoms with Crippen LogP contribution in [0.3, 0.4) is 0 Å². The van der Waals surface area contributed by atoms with Crippen molar-refractivity contribution < 1.29 is 10.3 Å². The van der Waals surface area contributed by atoms with Crippen LogP contribution in [0.5, 0.6) is 0 Å². The molecule has 4 aliphatic rings. The number of anilines is 2. The summed E-state index contributed by atoms with van der Waals surface area (Å²) in [6.45, 7) is 2.32. The highest BCUT2D eigenvalue weighted by molar-refractivity contribution is 5.97. The van der Waals surface area contributed by atoms with Gasteiger partial charge in [-0.25, -0.2) is 0 Å². The van der Waals surface area contributed by atoms with Crippen LogP contribution in [0, 0.1) is 29.1 Å². The molecule has 2 saturated carbocycles. The van der Waals surface area contributed by atoms with Crippen LogP contribution in [0.25, 0.3) is 0 Å². The topological polar surface area (TPSA) is 59.3 Å². The molecule has 0 saturated heterocycles. The smallest absolute Gasteiger partial charge is 0.131 e. The van der Waals surface area contributed by atoms with Crippen molar-refractivity contribution in [2.75, 3.05) is 38.0 Å². The minimum atomic E-state index is -1.03. The molecule has 0 spiro atoms. The van der Waals surface area contributed by atoms with E-state index in [1.165, 1.54) is 22.4 Å². The number of rotatable bonds is 3. The predicted molar refractivity (Wildman–Crippen MR) is 168 cm³/mol. The Morgan fingerprint density at radius 2 is 1.54 bits per heavy atom. The zero-order chi connectivity index (χ0) is 28.9. The van der Waals surface area contributed by atoms with E-state index in [2.05, 4.69) is 102 Å². The molecule has 2 N–H and O–H groups in total. The van der Waals surface area contributed by atoms with E-state index in [1.54, 1.807) is 5.57 Å². The first-order valence-electron chi connectivity index (χ1n) is 15.1. The Labute approximate surface area is 245 Å². The SMILES string of the molecule is CN(C)c1ccc(C#C[C@]2(O)CC[C@H]3[C@@H]4CCC5=C/C(=N\O)CCC5=C4[C@@H](c4ccc(N(C)C)cc4)C[C@@]32C)cc1. The van der Waals surface area contributed by atoms with Gasteiger partial charge in [0, 0.05) is 56.5 Å². The molecular formula is C36H43N3O2. The molecule has 2 aromatic rings. The number of fused-ring (bicyclic) bond motifs is 4. The fraction of sp³-hybridized carbons (Fsp3) is 0.472. The first-order valence-corrected chi connectivity index (χ1v) is 15.1. The number of benzene rings is 2. The third-order valence-electron chi connectivity index (χ3n) is 10.6. The van der Waals surface area contributed by atoms with E-state index < -0.39 is 5.60 Å². The van der Waals surface area contributed by atoms with Crippen molar-refractivity contribution >= 4 is 17.1 Å². The van der Waals surface area contributed by atoms with Gasteiger partial charge >= 0.3 is 0 Å². The molecule has 0 unspecified atom stereocenters. The second-order valence-electron chi connectivity index (χ2n) is 13.2. The van der Waals surface area contributed by atoms with Gasteiger partial charge in [-0.3, -0.25) is 0 Å². The van der Waals surface area contributed by atoms with Gasteiger partial charge in [0.1, 0.15) is 5.60 Å². The van der Waals surface area contributed by atoms with Gasteiger partial charge in [-0.2, -0.15) is 0 Å². The molecule has 0 aliphatic heterocycles. The maximum Gasteiger partial charge on any atom is 0.131 e. The highest BCUT2D eigenvalue weighted by Gasteiger charge is 2.62. The minimum absolute atomic E-state index is 0.231. The van der Waals surface area contributed by atoms with E-state index in [4.69, 9.17) is 0 Å². The van der Waals surface area contributed by atoms with Crippen molar-refractivity contribution in [3.8, 4) is 11.8 Å². The summed E-state index contributed by atoms with van der Waals surface area (Å²) in [6.07, 6.45) is 8.51. The maximum atomic E-state index is 12.4. The van der Waals surface area contributed by atoms with Crippen molar-refractivity contribution in [1.29, 1.82) is 0 Å². The lowest BCUT2D eigenvalue weighted by molar-refractivity contribution is -0.0513. The van der Waals surface area contributed by atoms with Gasteiger partial charge in [0.15, 0.2) is 0 Å². The number of oxime groups is 1. The third-order valence-corrected chi connectivity index (χ3v) is 10.6. The van der Waals surface area contributed by atoms with E-state index in [-0.39, 0.29) is 11.3 Å². The Bertz CT molecular complexity index is 1470. The first kappa shape index (κ1) is 27.7. The van der Waals surface area contributed by atoms with Crippen LogP contribution in [0.15, 0.2) is 76.5 Å². The molecule has 0 heterocycles. The quantitative estimate of drug-likeness (QED) is 0.252. The van der Waals surface area contributed by atoms with Gasteiger partial charge in [-0.15, -0.1) is 0 Å². The van der Waals surface area contributed by atoms with Crippen LogP contribution in [-0.4, -0.2) is 49.8 Å². The lowest BCUT2D eigenvalue weighted by Gasteiger charge is -2.53. The Morgan fingerprint density at radius 3 is 2.17 bits per heavy atom. The van der Waals surface area contributed by atoms with E-state index in [1.807, 2.05) is 14.1 Å². The fourth-order valence-electron chi connectivity index (χ4n) is 8.28. The highest BCUT2D eigenvalue weighted by atomic mass is 16.4. The summed E-state index contributed by atoms with van der Waals surface area (Å²) in [6, 6.07) is 17.3. The Balaban J connectivity index is 1.42. The first-order chi connectivity index (χ1) is 19.6. The van der Waals surface area contributed by atoms with E-state index in [9.17, 15) is 10.3 Å². The molecule has 214 valence electrons. The van der Waals surface area contributed by atoms with Gasteiger partial charge in [-0.1, -0.05) is 41.6 Å². The average Bonchev–Trinajstić information content (AvgIpc) is 3.25. The lowest BCUT2D eigenvalue weighted by Crippen LogP contribution is -2.51. The number of aliphatic hydroxyl groups is 1. The van der Waals surface area contributed by atoms with Crippen molar-refractivity contribution in [3.05, 3.63) is 82.5 Å². The molecular weight excluding hydrogens is 506 g/mol. The van der Waals surface area contributed by atoms with E-state index >= 15 is 0 Å². The largest absolute Gasteiger partial charge is 0.411 e. The average molecular weight is 550 g/mol. The second-order valence-corrected chi connectivity index (χ2v) is 13.2. The minimum Gasteiger partial charge on any atom is -0.411 e. The van der Waals surface area contributed by atoms with Crippen LogP contribution < -0.4 is 9.80 Å². The van der Waals surface area contributed by atoms with Crippen molar-refractivity contribution in [2.24, 2.45) is 22.4 Å². The molecule has 2 fully saturated rings. The van der Waals surface area contributed by atoms with Crippen molar-refractivity contribution in [2.45, 2.75) is 63.4 Å². The third kappa shape index (κ3) is 4.67. The molecule has 0 aromatic heterocycles. The summed E-state index contributed by atoms with van der Waals surface area (Å²) in [5, 5.41) is 25.4. The molecule has 6 rings (SSSR count). The normalized spacial score (nSPS) is 31.4. The molecule has 2 aromatic carbocycles. The molecule has 0 bridgehead atoms. The Hall–Kier alpha value is -3.49. The van der Waals surface area contributed by atoms with Gasteiger partial charge in [0.25, 0.3) is 0 Å². The summed E-state index contributed by atoms with van der Waals surface area (Å²) in [5.74, 6) is 7.87. The van der Waals surface area contributed by atoms with Gasteiger partial charge in [-0.05, 0) is 116 Å². The fourth-order valence-corrected chi connectivity index (χ4v) is 8.28. The summed E-state index contributed by atoms with van der Waals surface area (Å²) in [7, 11) is 8.23. The molecule has 0 amide bonds. The van der Waals surface area contributed by atoms with Gasteiger partial charge < -0.3 is 20.1 Å². The summed E-state index contributed by atoms with van der Waals surface area (Å²) in [4.78, 5) is 4.22. The number of allylic oxidation sites excluding steroid dienone is 4. The van der Waals surface area contributed by atoms with E-state index in [0.29, 0.717) is 18.3 Å². The Kier molecular flexibility index (Phi) is 7.02.